The molecule has 1 aromatic heterocycles. The first-order chi connectivity index (χ1) is 8.22. The number of nitrogens with zero attached hydrogens (tertiary/aromatic N) is 2. The van der Waals surface area contributed by atoms with Crippen molar-refractivity contribution in [2.45, 2.75) is 13.3 Å². The van der Waals surface area contributed by atoms with Crippen LogP contribution in [0.5, 0.6) is 0 Å². The summed E-state index contributed by atoms with van der Waals surface area (Å²) in [6, 6.07) is 7.44. The SMILES string of the molecule is Cc1cncc2cccc(NC(=O)CC#N)c12. The van der Waals surface area contributed by atoms with E-state index in [0.29, 0.717) is 0 Å². The summed E-state index contributed by atoms with van der Waals surface area (Å²) in [5.41, 5.74) is 1.72. The van der Waals surface area contributed by atoms with E-state index < -0.39 is 0 Å². The summed E-state index contributed by atoms with van der Waals surface area (Å²) in [4.78, 5) is 15.5. The van der Waals surface area contributed by atoms with Crippen molar-refractivity contribution in [1.29, 1.82) is 5.26 Å². The number of carbonyl (C=O) groups is 1. The predicted molar refractivity (Wildman–Crippen MR) is 65.3 cm³/mol. The molecule has 0 bridgehead atoms. The lowest BCUT2D eigenvalue weighted by Crippen LogP contribution is -2.10. The fourth-order valence-corrected chi connectivity index (χ4v) is 1.78. The van der Waals surface area contributed by atoms with Crippen molar-refractivity contribution in [2.24, 2.45) is 0 Å². The average Bonchev–Trinajstić information content (AvgIpc) is 2.29. The van der Waals surface area contributed by atoms with E-state index in [1.165, 1.54) is 0 Å². The van der Waals surface area contributed by atoms with Gasteiger partial charge in [-0.3, -0.25) is 9.78 Å². The highest BCUT2D eigenvalue weighted by molar-refractivity contribution is 6.03. The van der Waals surface area contributed by atoms with Crippen molar-refractivity contribution in [3.8, 4) is 6.07 Å². The quantitative estimate of drug-likeness (QED) is 0.853. The molecule has 0 unspecified atom stereocenters. The van der Waals surface area contributed by atoms with Crippen LogP contribution in [0.2, 0.25) is 0 Å². The smallest absolute Gasteiger partial charge is 0.238 e. The summed E-state index contributed by atoms with van der Waals surface area (Å²) in [6.45, 7) is 1.94. The highest BCUT2D eigenvalue weighted by Gasteiger charge is 2.07. The van der Waals surface area contributed by atoms with Gasteiger partial charge in [-0.05, 0) is 18.6 Å². The van der Waals surface area contributed by atoms with Gasteiger partial charge in [0.05, 0.1) is 6.07 Å². The second kappa shape index (κ2) is 4.62. The summed E-state index contributed by atoms with van der Waals surface area (Å²) in [5.74, 6) is -0.295. The van der Waals surface area contributed by atoms with Gasteiger partial charge in [-0.25, -0.2) is 0 Å². The third kappa shape index (κ3) is 2.23. The zero-order valence-corrected chi connectivity index (χ0v) is 9.40. The molecule has 2 rings (SSSR count). The van der Waals surface area contributed by atoms with Crippen LogP contribution in [0.25, 0.3) is 10.8 Å². The number of rotatable bonds is 2. The maximum Gasteiger partial charge on any atom is 0.238 e. The zero-order valence-electron chi connectivity index (χ0n) is 9.40. The van der Waals surface area contributed by atoms with E-state index in [1.807, 2.05) is 31.2 Å². The molecule has 1 heterocycles. The largest absolute Gasteiger partial charge is 0.325 e. The van der Waals surface area contributed by atoms with Crippen LogP contribution in [-0.4, -0.2) is 10.9 Å². The first-order valence-corrected chi connectivity index (χ1v) is 5.22. The van der Waals surface area contributed by atoms with Crippen molar-refractivity contribution in [3.63, 3.8) is 0 Å². The topological polar surface area (TPSA) is 65.8 Å². The van der Waals surface area contributed by atoms with Crippen molar-refractivity contribution < 1.29 is 4.79 Å². The number of hydrogen-bond acceptors (Lipinski definition) is 3. The number of anilines is 1. The second-order valence-corrected chi connectivity index (χ2v) is 3.74. The summed E-state index contributed by atoms with van der Waals surface area (Å²) in [5, 5.41) is 13.1. The van der Waals surface area contributed by atoms with E-state index in [9.17, 15) is 4.79 Å². The molecule has 0 spiro atoms. The van der Waals surface area contributed by atoms with Gasteiger partial charge in [-0.2, -0.15) is 5.26 Å². The van der Waals surface area contributed by atoms with E-state index in [1.54, 1.807) is 12.4 Å². The minimum atomic E-state index is -0.295. The molecule has 4 nitrogen and oxygen atoms in total. The van der Waals surface area contributed by atoms with Crippen LogP contribution in [0, 0.1) is 18.3 Å². The van der Waals surface area contributed by atoms with Gasteiger partial charge in [0.1, 0.15) is 6.42 Å². The lowest BCUT2D eigenvalue weighted by Gasteiger charge is -2.09. The lowest BCUT2D eigenvalue weighted by molar-refractivity contribution is -0.115. The van der Waals surface area contributed by atoms with Crippen molar-refractivity contribution in [2.75, 3.05) is 5.32 Å². The first kappa shape index (κ1) is 11.1. The molecule has 0 fully saturated rings. The Balaban J connectivity index is 2.48. The van der Waals surface area contributed by atoms with E-state index in [-0.39, 0.29) is 12.3 Å². The van der Waals surface area contributed by atoms with Crippen LogP contribution >= 0.6 is 0 Å². The Labute approximate surface area is 98.9 Å². The van der Waals surface area contributed by atoms with Crippen molar-refractivity contribution in [1.82, 2.24) is 4.98 Å². The van der Waals surface area contributed by atoms with Gasteiger partial charge in [-0.15, -0.1) is 0 Å². The van der Waals surface area contributed by atoms with Gasteiger partial charge in [-0.1, -0.05) is 12.1 Å². The molecule has 84 valence electrons. The number of nitrogens with one attached hydrogen (secondary N) is 1. The average molecular weight is 225 g/mol. The molecular formula is C13H11N3O. The van der Waals surface area contributed by atoms with Crippen molar-refractivity contribution in [3.05, 3.63) is 36.2 Å². The molecule has 0 aliphatic heterocycles. The number of pyridine rings is 1. The van der Waals surface area contributed by atoms with Crippen molar-refractivity contribution >= 4 is 22.4 Å². The molecule has 0 aliphatic carbocycles. The van der Waals surface area contributed by atoms with Crippen LogP contribution in [0.15, 0.2) is 30.6 Å². The Morgan fingerprint density at radius 2 is 2.29 bits per heavy atom. The minimum Gasteiger partial charge on any atom is -0.325 e. The summed E-state index contributed by atoms with van der Waals surface area (Å²) >= 11 is 0. The van der Waals surface area contributed by atoms with Crippen LogP contribution < -0.4 is 5.32 Å². The lowest BCUT2D eigenvalue weighted by atomic mass is 10.1. The van der Waals surface area contributed by atoms with Gasteiger partial charge in [0, 0.05) is 28.9 Å². The second-order valence-electron chi connectivity index (χ2n) is 3.74. The minimum absolute atomic E-state index is 0.138. The van der Waals surface area contributed by atoms with Crippen LogP contribution in [0.1, 0.15) is 12.0 Å². The molecule has 1 amide bonds. The maximum atomic E-state index is 11.4. The number of aromatic nitrogens is 1. The number of fused-ring (bicyclic) bond motifs is 1. The fraction of sp³-hybridized carbons (Fsp3) is 0.154. The predicted octanol–water partition coefficient (Wildman–Crippen LogP) is 2.40. The summed E-state index contributed by atoms with van der Waals surface area (Å²) in [6.07, 6.45) is 3.37. The number of hydrogen-bond donors (Lipinski definition) is 1. The number of benzene rings is 1. The number of amides is 1. The Bertz CT molecular complexity index is 608. The van der Waals surface area contributed by atoms with Gasteiger partial charge in [0.15, 0.2) is 0 Å². The number of carbonyl (C=O) groups excluding carboxylic acids is 1. The van der Waals surface area contributed by atoms with Crippen LogP contribution in [0.4, 0.5) is 5.69 Å². The van der Waals surface area contributed by atoms with E-state index in [2.05, 4.69) is 10.3 Å². The van der Waals surface area contributed by atoms with Gasteiger partial charge >= 0.3 is 0 Å². The molecule has 0 atom stereocenters. The fourth-order valence-electron chi connectivity index (χ4n) is 1.78. The number of aryl methyl sites for hydroxylation is 1. The van der Waals surface area contributed by atoms with Gasteiger partial charge < -0.3 is 5.32 Å². The third-order valence-electron chi connectivity index (χ3n) is 2.49. The highest BCUT2D eigenvalue weighted by Crippen LogP contribution is 2.25. The van der Waals surface area contributed by atoms with E-state index in [4.69, 9.17) is 5.26 Å². The Hall–Kier alpha value is -2.41. The Morgan fingerprint density at radius 1 is 1.47 bits per heavy atom. The molecule has 4 heteroatoms. The molecule has 0 saturated heterocycles. The Morgan fingerprint density at radius 3 is 3.06 bits per heavy atom. The van der Waals surface area contributed by atoms with Crippen LogP contribution in [-0.2, 0) is 4.79 Å². The third-order valence-corrected chi connectivity index (χ3v) is 2.49. The van der Waals surface area contributed by atoms with Gasteiger partial charge in [0.2, 0.25) is 5.91 Å². The van der Waals surface area contributed by atoms with E-state index >= 15 is 0 Å². The summed E-state index contributed by atoms with van der Waals surface area (Å²) < 4.78 is 0. The molecule has 17 heavy (non-hydrogen) atoms. The highest BCUT2D eigenvalue weighted by atomic mass is 16.1. The maximum absolute atomic E-state index is 11.4. The molecule has 0 saturated carbocycles. The van der Waals surface area contributed by atoms with E-state index in [0.717, 1.165) is 22.0 Å². The molecule has 2 aromatic rings. The standard InChI is InChI=1S/C13H11N3O/c1-9-7-15-8-10-3-2-4-11(13(9)10)16-12(17)5-6-14/h2-4,7-8H,5H2,1H3,(H,16,17). The molecule has 0 aliphatic rings. The molecular weight excluding hydrogens is 214 g/mol. The summed E-state index contributed by atoms with van der Waals surface area (Å²) in [7, 11) is 0. The zero-order chi connectivity index (χ0) is 12.3. The normalized spacial score (nSPS) is 9.88. The number of nitriles is 1. The monoisotopic (exact) mass is 225 g/mol. The van der Waals surface area contributed by atoms with Crippen LogP contribution in [0.3, 0.4) is 0 Å². The molecule has 0 radical (unpaired) electrons. The first-order valence-electron chi connectivity index (χ1n) is 5.22. The Kier molecular flexibility index (Phi) is 3.01. The molecule has 1 aromatic carbocycles. The van der Waals surface area contributed by atoms with Gasteiger partial charge in [0.25, 0.3) is 0 Å². The molecule has 1 N–H and O–H groups in total.